The molecule has 1 N–H and O–H groups in total. The van der Waals surface area contributed by atoms with Gasteiger partial charge in [0.15, 0.2) is 0 Å². The largest absolute Gasteiger partial charge is 0.497 e. The Morgan fingerprint density at radius 1 is 1.42 bits per heavy atom. The van der Waals surface area contributed by atoms with E-state index in [9.17, 15) is 0 Å². The van der Waals surface area contributed by atoms with E-state index in [1.807, 2.05) is 18.2 Å². The monoisotopic (exact) mass is 181 g/mol. The highest BCUT2D eigenvalue weighted by Gasteiger charge is 2.01. The van der Waals surface area contributed by atoms with Crippen molar-refractivity contribution in [2.24, 2.45) is 0 Å². The van der Waals surface area contributed by atoms with E-state index in [-0.39, 0.29) is 0 Å². The van der Waals surface area contributed by atoms with Gasteiger partial charge in [0, 0.05) is 17.1 Å². The van der Waals surface area contributed by atoms with Crippen molar-refractivity contribution >= 4 is 22.5 Å². The van der Waals surface area contributed by atoms with Crippen molar-refractivity contribution in [3.05, 3.63) is 29.4 Å². The smallest absolute Gasteiger partial charge is 0.119 e. The molecule has 3 heteroatoms. The van der Waals surface area contributed by atoms with E-state index in [0.717, 1.165) is 21.7 Å². The predicted molar refractivity (Wildman–Crippen MR) is 49.9 cm³/mol. The van der Waals surface area contributed by atoms with Gasteiger partial charge in [-0.25, -0.2) is 0 Å². The number of aromatic nitrogens is 1. The van der Waals surface area contributed by atoms with Gasteiger partial charge in [-0.15, -0.1) is 0 Å². The van der Waals surface area contributed by atoms with Gasteiger partial charge >= 0.3 is 0 Å². The molecule has 0 unspecified atom stereocenters. The quantitative estimate of drug-likeness (QED) is 0.719. The number of hydrogen-bond acceptors (Lipinski definition) is 1. The summed E-state index contributed by atoms with van der Waals surface area (Å²) in [7, 11) is 1.64. The third kappa shape index (κ3) is 1.04. The molecule has 0 fully saturated rings. The van der Waals surface area contributed by atoms with Crippen molar-refractivity contribution in [1.82, 2.24) is 4.98 Å². The lowest BCUT2D eigenvalue weighted by molar-refractivity contribution is 0.415. The Morgan fingerprint density at radius 2 is 2.25 bits per heavy atom. The summed E-state index contributed by atoms with van der Waals surface area (Å²) in [5.74, 6) is 0.823. The first-order chi connectivity index (χ1) is 5.81. The summed E-state index contributed by atoms with van der Waals surface area (Å²) in [6.45, 7) is 0. The number of hydrogen-bond donors (Lipinski definition) is 1. The molecule has 1 aromatic heterocycles. The van der Waals surface area contributed by atoms with Crippen molar-refractivity contribution in [2.45, 2.75) is 0 Å². The van der Waals surface area contributed by atoms with E-state index in [4.69, 9.17) is 16.3 Å². The first kappa shape index (κ1) is 7.50. The molecule has 2 rings (SSSR count). The van der Waals surface area contributed by atoms with Crippen molar-refractivity contribution in [3.63, 3.8) is 0 Å². The molecular formula is C9H8ClNO. The fourth-order valence-electron chi connectivity index (χ4n) is 1.19. The van der Waals surface area contributed by atoms with Crippen LogP contribution in [0.2, 0.25) is 5.02 Å². The molecule has 2 nitrogen and oxygen atoms in total. The summed E-state index contributed by atoms with van der Waals surface area (Å²) in [6.07, 6.45) is 1.77. The van der Waals surface area contributed by atoms with Gasteiger partial charge in [-0.1, -0.05) is 11.6 Å². The molecule has 0 atom stereocenters. The highest BCUT2D eigenvalue weighted by molar-refractivity contribution is 6.35. The molecule has 0 aliphatic rings. The van der Waals surface area contributed by atoms with Crippen LogP contribution in [0, 0.1) is 0 Å². The fourth-order valence-corrected chi connectivity index (χ4v) is 1.40. The van der Waals surface area contributed by atoms with Gasteiger partial charge in [-0.2, -0.15) is 0 Å². The minimum absolute atomic E-state index is 0.726. The molecule has 0 saturated carbocycles. The zero-order valence-electron chi connectivity index (χ0n) is 6.60. The average Bonchev–Trinajstić information content (AvgIpc) is 2.47. The highest BCUT2D eigenvalue weighted by Crippen LogP contribution is 2.26. The second-order valence-corrected chi connectivity index (χ2v) is 2.96. The molecule has 0 saturated heterocycles. The minimum atomic E-state index is 0.726. The highest BCUT2D eigenvalue weighted by atomic mass is 35.5. The van der Waals surface area contributed by atoms with E-state index in [1.165, 1.54) is 0 Å². The van der Waals surface area contributed by atoms with Crippen molar-refractivity contribution in [1.29, 1.82) is 0 Å². The average molecular weight is 182 g/mol. The van der Waals surface area contributed by atoms with E-state index >= 15 is 0 Å². The second-order valence-electron chi connectivity index (χ2n) is 2.55. The molecule has 0 spiro atoms. The number of methoxy groups -OCH3 is 1. The molecule has 0 radical (unpaired) electrons. The number of halogens is 1. The van der Waals surface area contributed by atoms with E-state index in [2.05, 4.69) is 4.98 Å². The van der Waals surface area contributed by atoms with Crippen molar-refractivity contribution < 1.29 is 4.74 Å². The Balaban J connectivity index is 2.71. The van der Waals surface area contributed by atoms with Crippen LogP contribution in [0.3, 0.4) is 0 Å². The number of H-pyrrole nitrogens is 1. The SMILES string of the molecule is COc1ccc2[nH]cc(Cl)c2c1. The number of rotatable bonds is 1. The third-order valence-corrected chi connectivity index (χ3v) is 2.15. The first-order valence-corrected chi connectivity index (χ1v) is 3.99. The lowest BCUT2D eigenvalue weighted by Gasteiger charge is -1.98. The maximum Gasteiger partial charge on any atom is 0.119 e. The Kier molecular flexibility index (Phi) is 1.70. The van der Waals surface area contributed by atoms with Gasteiger partial charge < -0.3 is 9.72 Å². The van der Waals surface area contributed by atoms with Crippen LogP contribution in [-0.2, 0) is 0 Å². The fraction of sp³-hybridized carbons (Fsp3) is 0.111. The Hall–Kier alpha value is -1.15. The zero-order chi connectivity index (χ0) is 8.55. The molecule has 12 heavy (non-hydrogen) atoms. The molecule has 62 valence electrons. The maximum atomic E-state index is 5.91. The van der Waals surface area contributed by atoms with Crippen LogP contribution < -0.4 is 4.74 Å². The lowest BCUT2D eigenvalue weighted by atomic mass is 10.2. The predicted octanol–water partition coefficient (Wildman–Crippen LogP) is 2.83. The summed E-state index contributed by atoms with van der Waals surface area (Å²) in [4.78, 5) is 3.05. The number of ether oxygens (including phenoxy) is 1. The van der Waals surface area contributed by atoms with Crippen molar-refractivity contribution in [2.75, 3.05) is 7.11 Å². The van der Waals surface area contributed by atoms with Crippen molar-refractivity contribution in [3.8, 4) is 5.75 Å². The number of benzene rings is 1. The Morgan fingerprint density at radius 3 is 3.00 bits per heavy atom. The van der Waals surface area contributed by atoms with Crippen LogP contribution in [0.25, 0.3) is 10.9 Å². The Labute approximate surface area is 75.1 Å². The van der Waals surface area contributed by atoms with E-state index < -0.39 is 0 Å². The van der Waals surface area contributed by atoms with Crippen LogP contribution in [0.4, 0.5) is 0 Å². The van der Waals surface area contributed by atoms with Gasteiger partial charge in [-0.05, 0) is 18.2 Å². The topological polar surface area (TPSA) is 25.0 Å². The van der Waals surface area contributed by atoms with Gasteiger partial charge in [-0.3, -0.25) is 0 Å². The number of nitrogens with one attached hydrogen (secondary N) is 1. The standard InChI is InChI=1S/C9H8ClNO/c1-12-6-2-3-9-7(4-6)8(10)5-11-9/h2-5,11H,1H3. The van der Waals surface area contributed by atoms with Gasteiger partial charge in [0.2, 0.25) is 0 Å². The lowest BCUT2D eigenvalue weighted by Crippen LogP contribution is -1.80. The number of aromatic amines is 1. The summed E-state index contributed by atoms with van der Waals surface area (Å²) >= 11 is 5.91. The zero-order valence-corrected chi connectivity index (χ0v) is 7.35. The molecule has 0 bridgehead atoms. The van der Waals surface area contributed by atoms with Gasteiger partial charge in [0.25, 0.3) is 0 Å². The molecule has 0 amide bonds. The molecule has 0 aliphatic carbocycles. The summed E-state index contributed by atoms with van der Waals surface area (Å²) < 4.78 is 5.07. The van der Waals surface area contributed by atoms with Crippen LogP contribution in [-0.4, -0.2) is 12.1 Å². The van der Waals surface area contributed by atoms with Crippen LogP contribution in [0.1, 0.15) is 0 Å². The van der Waals surface area contributed by atoms with Crippen LogP contribution >= 0.6 is 11.6 Å². The molecule has 1 aromatic carbocycles. The van der Waals surface area contributed by atoms with Gasteiger partial charge in [0.1, 0.15) is 5.75 Å². The summed E-state index contributed by atoms with van der Waals surface area (Å²) in [6, 6.07) is 5.75. The Bertz CT molecular complexity index is 408. The van der Waals surface area contributed by atoms with E-state index in [1.54, 1.807) is 13.3 Å². The summed E-state index contributed by atoms with van der Waals surface area (Å²) in [5, 5.41) is 1.72. The first-order valence-electron chi connectivity index (χ1n) is 3.62. The number of fused-ring (bicyclic) bond motifs is 1. The summed E-state index contributed by atoms with van der Waals surface area (Å²) in [5.41, 5.74) is 1.03. The minimum Gasteiger partial charge on any atom is -0.497 e. The van der Waals surface area contributed by atoms with E-state index in [0.29, 0.717) is 0 Å². The van der Waals surface area contributed by atoms with Gasteiger partial charge in [0.05, 0.1) is 12.1 Å². The second kappa shape index (κ2) is 2.72. The normalized spacial score (nSPS) is 10.5. The molecular weight excluding hydrogens is 174 g/mol. The third-order valence-electron chi connectivity index (χ3n) is 1.84. The molecule has 0 aliphatic heterocycles. The van der Waals surface area contributed by atoms with Crippen LogP contribution in [0.15, 0.2) is 24.4 Å². The maximum absolute atomic E-state index is 5.91. The molecule has 1 heterocycles. The van der Waals surface area contributed by atoms with Crippen LogP contribution in [0.5, 0.6) is 5.75 Å². The molecule has 2 aromatic rings.